The summed E-state index contributed by atoms with van der Waals surface area (Å²) in [5.41, 5.74) is 37.5. The largest absolute Gasteiger partial charge is 2.00 e. The maximum Gasteiger partial charge on any atom is 2.00 e. The van der Waals surface area contributed by atoms with Gasteiger partial charge in [-0.15, -0.1) is 37.0 Å². The van der Waals surface area contributed by atoms with Gasteiger partial charge in [0.25, 0.3) is 0 Å². The van der Waals surface area contributed by atoms with Crippen LogP contribution in [0.3, 0.4) is 0 Å². The number of benzene rings is 4. The van der Waals surface area contributed by atoms with Gasteiger partial charge in [-0.05, 0) is 143 Å². The standard InChI is InChI=1S/C90H78N10.2ClHO4.Zn/c1-9-61-63(11-3)77-52-79-65(13-5)67(15-7)87(96-79)90(88-68(16-8)66(14-6)80(97-88)53-78-64(12-4)62(10-2)76(95-78)51-75(61)94-77)100-49-45-56(46-50-100)55-43-47-99(48-44-55)82-54-81-85(59-33-25-19-26-34-59)73-40-39-71(92-73)83(57-29-21-17-22-30-57)69-37-38-70(91-69)84(58-31-23-18-24-32-58)72-41-42-74(93-72)86(89(82)98-81)60-35-27-20-28-36-60;2*2-1(3,4)5;/h17-54H,9-16H2,1-8H3;2*(H,2,3,4,5);/q-2;;;+2. The zero-order valence-electron chi connectivity index (χ0n) is 62.9. The molecule has 4 aliphatic heterocycles. The third-order valence-electron chi connectivity index (χ3n) is 20.5. The maximum atomic E-state index is 8.49. The molecule has 0 atom stereocenters. The first-order valence-corrected chi connectivity index (χ1v) is 39.5. The van der Waals surface area contributed by atoms with Crippen molar-refractivity contribution in [2.75, 3.05) is 0 Å². The summed E-state index contributed by atoms with van der Waals surface area (Å²) in [5, 5.41) is 0. The van der Waals surface area contributed by atoms with Gasteiger partial charge in [-0.2, -0.15) is 9.13 Å². The van der Waals surface area contributed by atoms with E-state index in [4.69, 9.17) is 67.2 Å². The number of aryl methyl sites for hydroxylation is 4. The molecule has 111 heavy (non-hydrogen) atoms. The molecule has 4 aromatic carbocycles. The second-order valence-corrected chi connectivity index (χ2v) is 28.3. The first-order chi connectivity index (χ1) is 53.2. The van der Waals surface area contributed by atoms with Crippen molar-refractivity contribution in [1.29, 1.82) is 0 Å². The van der Waals surface area contributed by atoms with Crippen molar-refractivity contribution >= 4 is 90.4 Å². The van der Waals surface area contributed by atoms with Crippen LogP contribution in [0.2, 0.25) is 0 Å². The quantitative estimate of drug-likeness (QED) is 0.0712. The number of allylic oxidation sites excluding steroid dienone is 4. The number of fused-ring (bicyclic) bond motifs is 16. The van der Waals surface area contributed by atoms with Crippen LogP contribution in [0.4, 0.5) is 0 Å². The SMILES string of the molecule is CCC1=C(CC)c2cc3[n-]c(c(CC)c3CC)c(-[n+]3ccc(-c4cc[n+](C5=Cc6nc5c(-c5ccccc5)c5ccc([nH]5)c(-c5ccccc5)c5nc(c(-c7ccccc7)c7ccc([nH]7)c6-c6ccccc6)C=C5)cc4)cc3)c3nc(cc4[n-]c(cc1n2)c(CC)c4CC)C(CC)=C3CC.[O-][Cl+3]([O-])([O-])[O-].[O-][Cl+3]([O-])([O-])[O-].[Zn+2]. The zero-order chi connectivity index (χ0) is 77.1. The van der Waals surface area contributed by atoms with Gasteiger partial charge >= 0.3 is 19.5 Å². The minimum atomic E-state index is -4.94. The second kappa shape index (κ2) is 33.5. The third kappa shape index (κ3) is 16.3. The molecule has 8 aromatic heterocycles. The van der Waals surface area contributed by atoms with Gasteiger partial charge < -0.3 is 19.9 Å². The second-order valence-electron chi connectivity index (χ2n) is 26.8. The Labute approximate surface area is 660 Å². The van der Waals surface area contributed by atoms with Crippen molar-refractivity contribution in [3.8, 4) is 61.3 Å². The molecule has 16 bridgehead atoms. The molecule has 0 fully saturated rings. The molecule has 0 unspecified atom stereocenters. The predicted octanol–water partition coefficient (Wildman–Crippen LogP) is 11.5. The molecule has 0 saturated carbocycles. The number of hydrogen-bond acceptors (Lipinski definition) is 12. The number of halogens is 2. The van der Waals surface area contributed by atoms with Crippen LogP contribution in [-0.4, -0.2) is 29.9 Å². The van der Waals surface area contributed by atoms with Gasteiger partial charge in [-0.1, -0.05) is 223 Å². The average Bonchev–Trinajstić information content (AvgIpc) is 1.60. The Hall–Kier alpha value is -10.7. The van der Waals surface area contributed by atoms with E-state index in [1.807, 2.05) is 0 Å². The van der Waals surface area contributed by atoms with Crippen molar-refractivity contribution in [3.63, 3.8) is 0 Å². The summed E-state index contributed by atoms with van der Waals surface area (Å²) in [7, 11) is -9.89. The molecule has 16 rings (SSSR count). The Balaban J connectivity index is 0.000000925. The Morgan fingerprint density at radius 3 is 1.07 bits per heavy atom. The van der Waals surface area contributed by atoms with Crippen LogP contribution in [-0.2, 0) is 45.2 Å². The van der Waals surface area contributed by atoms with Gasteiger partial charge in [-0.3, -0.25) is 0 Å². The summed E-state index contributed by atoms with van der Waals surface area (Å²) in [5.74, 6) is 0. The predicted molar refractivity (Wildman–Crippen MR) is 413 cm³/mol. The van der Waals surface area contributed by atoms with Gasteiger partial charge in [0.1, 0.15) is 11.4 Å². The number of aromatic amines is 2. The van der Waals surface area contributed by atoms with Crippen molar-refractivity contribution in [1.82, 2.24) is 39.9 Å². The van der Waals surface area contributed by atoms with Crippen LogP contribution in [0, 0.1) is 20.5 Å². The first kappa shape index (κ1) is 78.4. The van der Waals surface area contributed by atoms with E-state index in [0.29, 0.717) is 0 Å². The summed E-state index contributed by atoms with van der Waals surface area (Å²) in [6.07, 6.45) is 22.2. The van der Waals surface area contributed by atoms with Gasteiger partial charge in [0.2, 0.25) is 11.4 Å². The van der Waals surface area contributed by atoms with Crippen molar-refractivity contribution in [2.45, 2.75) is 107 Å². The molecule has 12 aromatic rings. The molecular formula is C90H80Cl2N10O8Zn. The summed E-state index contributed by atoms with van der Waals surface area (Å²) >= 11 is 0. The number of rotatable bonds is 15. The Kier molecular flexibility index (Phi) is 23.6. The van der Waals surface area contributed by atoms with Crippen LogP contribution in [0.1, 0.15) is 149 Å². The number of nitrogens with one attached hydrogen (secondary N) is 2. The average molecular weight is 1570 g/mol. The van der Waals surface area contributed by atoms with Crippen LogP contribution in [0.5, 0.6) is 0 Å². The van der Waals surface area contributed by atoms with Crippen LogP contribution in [0.15, 0.2) is 213 Å². The molecule has 12 heterocycles. The number of aromatic nitrogens is 10. The molecule has 0 amide bonds. The third-order valence-corrected chi connectivity index (χ3v) is 20.5. The monoisotopic (exact) mass is 1560 g/mol. The van der Waals surface area contributed by atoms with Gasteiger partial charge in [0, 0.05) is 74.7 Å². The minimum Gasteiger partial charge on any atom is -0.657 e. The molecule has 4 aliphatic rings. The Bertz CT molecular complexity index is 5960. The Morgan fingerprint density at radius 1 is 0.333 bits per heavy atom. The van der Waals surface area contributed by atoms with Crippen LogP contribution < -0.4 is 56.4 Å². The van der Waals surface area contributed by atoms with Gasteiger partial charge in [0.05, 0.1) is 34.2 Å². The van der Waals surface area contributed by atoms with E-state index >= 15 is 0 Å². The molecule has 21 heteroatoms. The fraction of sp³-hybridized carbons (Fsp3) is 0.178. The van der Waals surface area contributed by atoms with Crippen molar-refractivity contribution < 1.29 is 86.4 Å². The number of nitrogens with zero attached hydrogens (tertiary/aromatic N) is 8. The van der Waals surface area contributed by atoms with E-state index in [-0.39, 0.29) is 19.5 Å². The zero-order valence-corrected chi connectivity index (χ0v) is 67.4. The molecule has 0 aliphatic carbocycles. The maximum absolute atomic E-state index is 8.49. The van der Waals surface area contributed by atoms with Crippen molar-refractivity contribution in [3.05, 3.63) is 281 Å². The number of pyridine rings is 2. The molecule has 554 valence electrons. The summed E-state index contributed by atoms with van der Waals surface area (Å²) in [6.45, 7) is 18.1. The van der Waals surface area contributed by atoms with Gasteiger partial charge in [-0.25, -0.2) is 57.2 Å². The molecule has 0 saturated heterocycles. The fourth-order valence-electron chi connectivity index (χ4n) is 15.9. The van der Waals surface area contributed by atoms with E-state index in [1.165, 1.54) is 44.5 Å². The van der Waals surface area contributed by atoms with E-state index < -0.39 is 20.5 Å². The summed E-state index contributed by atoms with van der Waals surface area (Å²) in [6, 6.07) is 67.0. The smallest absolute Gasteiger partial charge is 0.657 e. The molecule has 0 radical (unpaired) electrons. The van der Waals surface area contributed by atoms with E-state index in [1.54, 1.807) is 0 Å². The van der Waals surface area contributed by atoms with Crippen LogP contribution in [0.25, 0.3) is 152 Å². The number of H-pyrrole nitrogens is 2. The molecule has 0 spiro atoms. The van der Waals surface area contributed by atoms with Crippen LogP contribution >= 0.6 is 0 Å². The van der Waals surface area contributed by atoms with E-state index in [0.717, 1.165) is 208 Å². The number of hydrogen-bond donors (Lipinski definition) is 2. The summed E-state index contributed by atoms with van der Waals surface area (Å²) < 4.78 is 72.4. The fourth-order valence-corrected chi connectivity index (χ4v) is 15.9. The molecular weight excluding hydrogens is 1490 g/mol. The minimum absolute atomic E-state index is 0. The normalized spacial score (nSPS) is 12.7. The van der Waals surface area contributed by atoms with E-state index in [2.05, 4.69) is 306 Å². The summed E-state index contributed by atoms with van der Waals surface area (Å²) in [4.78, 5) is 41.8. The Morgan fingerprint density at radius 2 is 0.676 bits per heavy atom. The first-order valence-electron chi connectivity index (χ1n) is 37.1. The topological polar surface area (TPSA) is 304 Å². The van der Waals surface area contributed by atoms with E-state index in [9.17, 15) is 0 Å². The van der Waals surface area contributed by atoms with Crippen molar-refractivity contribution in [2.24, 2.45) is 0 Å². The molecule has 18 nitrogen and oxygen atoms in total. The van der Waals surface area contributed by atoms with Gasteiger partial charge in [0.15, 0.2) is 24.8 Å². The molecule has 2 N–H and O–H groups in total.